The van der Waals surface area contributed by atoms with E-state index < -0.39 is 17.6 Å². The molecule has 3 nitrogen and oxygen atoms in total. The van der Waals surface area contributed by atoms with Gasteiger partial charge in [-0.25, -0.2) is 4.39 Å². The van der Waals surface area contributed by atoms with Gasteiger partial charge in [0.1, 0.15) is 5.82 Å². The van der Waals surface area contributed by atoms with Crippen LogP contribution in [0.1, 0.15) is 34.3 Å². The number of benzene rings is 2. The first kappa shape index (κ1) is 19.4. The van der Waals surface area contributed by atoms with Crippen LogP contribution < -0.4 is 0 Å². The molecule has 0 aromatic heterocycles. The molecule has 1 unspecified atom stereocenters. The van der Waals surface area contributed by atoms with Crippen molar-refractivity contribution in [3.8, 4) is 0 Å². The Labute approximate surface area is 154 Å². The molecule has 1 heterocycles. The van der Waals surface area contributed by atoms with E-state index in [0.29, 0.717) is 31.5 Å². The first-order valence-corrected chi connectivity index (χ1v) is 8.65. The van der Waals surface area contributed by atoms with Crippen molar-refractivity contribution < 1.29 is 27.1 Å². The number of ether oxygens (including phenoxy) is 1. The quantitative estimate of drug-likeness (QED) is 0.721. The highest BCUT2D eigenvalue weighted by Crippen LogP contribution is 2.30. The summed E-state index contributed by atoms with van der Waals surface area (Å²) in [5.74, 6) is -0.753. The first-order chi connectivity index (χ1) is 12.8. The molecule has 0 N–H and O–H groups in total. The Morgan fingerprint density at radius 3 is 2.67 bits per heavy atom. The summed E-state index contributed by atoms with van der Waals surface area (Å²) >= 11 is 0. The van der Waals surface area contributed by atoms with Gasteiger partial charge in [-0.2, -0.15) is 13.2 Å². The lowest BCUT2D eigenvalue weighted by atomic mass is 10.1. The van der Waals surface area contributed by atoms with Crippen molar-refractivity contribution in [1.82, 2.24) is 4.90 Å². The van der Waals surface area contributed by atoms with Crippen LogP contribution in [0, 0.1) is 5.82 Å². The van der Waals surface area contributed by atoms with Gasteiger partial charge in [0, 0.05) is 18.7 Å². The molecule has 1 aliphatic rings. The average molecular weight is 381 g/mol. The SMILES string of the molecule is O=C(c1cccc(F)c1)N1CCCC(OCc2cccc(C(F)(F)F)c2)C1. The number of amides is 1. The molecule has 1 aliphatic heterocycles. The molecular formula is C20H19F4NO2. The molecule has 1 fully saturated rings. The molecule has 0 spiro atoms. The molecule has 2 aromatic rings. The lowest BCUT2D eigenvalue weighted by Gasteiger charge is -2.32. The molecule has 27 heavy (non-hydrogen) atoms. The zero-order chi connectivity index (χ0) is 19.4. The van der Waals surface area contributed by atoms with Crippen LogP contribution in [0.3, 0.4) is 0 Å². The fourth-order valence-electron chi connectivity index (χ4n) is 3.11. The van der Waals surface area contributed by atoms with Gasteiger partial charge in [0.15, 0.2) is 0 Å². The number of nitrogens with zero attached hydrogens (tertiary/aromatic N) is 1. The van der Waals surface area contributed by atoms with Crippen LogP contribution in [-0.2, 0) is 17.5 Å². The number of hydrogen-bond donors (Lipinski definition) is 0. The molecule has 1 saturated heterocycles. The zero-order valence-corrected chi connectivity index (χ0v) is 14.5. The van der Waals surface area contributed by atoms with E-state index >= 15 is 0 Å². The second-order valence-electron chi connectivity index (χ2n) is 6.53. The number of carbonyl (C=O) groups excluding carboxylic acids is 1. The van der Waals surface area contributed by atoms with Crippen molar-refractivity contribution in [1.29, 1.82) is 0 Å². The van der Waals surface area contributed by atoms with Crippen LogP contribution >= 0.6 is 0 Å². The summed E-state index contributed by atoms with van der Waals surface area (Å²) in [6.45, 7) is 0.906. The summed E-state index contributed by atoms with van der Waals surface area (Å²) in [4.78, 5) is 14.1. The average Bonchev–Trinajstić information content (AvgIpc) is 2.65. The van der Waals surface area contributed by atoms with E-state index in [9.17, 15) is 22.4 Å². The third-order valence-corrected chi connectivity index (χ3v) is 4.48. The predicted octanol–water partition coefficient (Wildman–Crippen LogP) is 4.67. The highest BCUT2D eigenvalue weighted by molar-refractivity contribution is 5.94. The van der Waals surface area contributed by atoms with Gasteiger partial charge in [-0.05, 0) is 48.7 Å². The molecule has 1 atom stereocenters. The summed E-state index contributed by atoms with van der Waals surface area (Å²) in [7, 11) is 0. The van der Waals surface area contributed by atoms with Gasteiger partial charge in [-0.1, -0.05) is 18.2 Å². The van der Waals surface area contributed by atoms with Gasteiger partial charge in [0.2, 0.25) is 0 Å². The molecule has 7 heteroatoms. The van der Waals surface area contributed by atoms with Crippen molar-refractivity contribution in [2.75, 3.05) is 13.1 Å². The van der Waals surface area contributed by atoms with Gasteiger partial charge in [-0.15, -0.1) is 0 Å². The van der Waals surface area contributed by atoms with Crippen molar-refractivity contribution in [2.45, 2.75) is 31.7 Å². The van der Waals surface area contributed by atoms with Gasteiger partial charge in [0.05, 0.1) is 18.3 Å². The van der Waals surface area contributed by atoms with Gasteiger partial charge in [0.25, 0.3) is 5.91 Å². The Bertz CT molecular complexity index is 807. The van der Waals surface area contributed by atoms with E-state index in [4.69, 9.17) is 4.74 Å². The third kappa shape index (κ3) is 5.07. The maximum Gasteiger partial charge on any atom is 0.416 e. The molecule has 1 amide bonds. The van der Waals surface area contributed by atoms with Gasteiger partial charge in [-0.3, -0.25) is 4.79 Å². The molecule has 3 rings (SSSR count). The maximum atomic E-state index is 13.3. The van der Waals surface area contributed by atoms with Crippen LogP contribution in [0.4, 0.5) is 17.6 Å². The topological polar surface area (TPSA) is 29.5 Å². The van der Waals surface area contributed by atoms with Crippen molar-refractivity contribution in [2.24, 2.45) is 0 Å². The molecule has 0 radical (unpaired) electrons. The van der Waals surface area contributed by atoms with E-state index in [2.05, 4.69) is 0 Å². The Morgan fingerprint density at radius 2 is 1.93 bits per heavy atom. The lowest BCUT2D eigenvalue weighted by Crippen LogP contribution is -2.43. The van der Waals surface area contributed by atoms with Crippen LogP contribution in [0.15, 0.2) is 48.5 Å². The second kappa shape index (κ2) is 8.08. The summed E-state index contributed by atoms with van der Waals surface area (Å²) in [5, 5.41) is 0. The summed E-state index contributed by atoms with van der Waals surface area (Å²) in [5.41, 5.74) is -0.0120. The van der Waals surface area contributed by atoms with Crippen LogP contribution in [0.25, 0.3) is 0 Å². The fourth-order valence-corrected chi connectivity index (χ4v) is 3.11. The molecule has 0 saturated carbocycles. The van der Waals surface area contributed by atoms with E-state index in [1.54, 1.807) is 17.0 Å². The first-order valence-electron chi connectivity index (χ1n) is 8.65. The number of likely N-dealkylation sites (tertiary alicyclic amines) is 1. The Balaban J connectivity index is 1.60. The summed E-state index contributed by atoms with van der Waals surface area (Å²) < 4.78 is 57.4. The minimum absolute atomic E-state index is 0.0383. The van der Waals surface area contributed by atoms with Crippen molar-refractivity contribution >= 4 is 5.91 Å². The van der Waals surface area contributed by atoms with Crippen molar-refractivity contribution in [3.05, 3.63) is 71.0 Å². The Morgan fingerprint density at radius 1 is 1.15 bits per heavy atom. The highest BCUT2D eigenvalue weighted by atomic mass is 19.4. The Kier molecular flexibility index (Phi) is 5.79. The standard InChI is InChI=1S/C20H19F4NO2/c21-17-7-2-5-15(11-17)19(26)25-9-3-8-18(12-25)27-13-14-4-1-6-16(10-14)20(22,23)24/h1-2,4-7,10-11,18H,3,8-9,12-13H2. The summed E-state index contributed by atoms with van der Waals surface area (Å²) in [6, 6.07) is 10.5. The smallest absolute Gasteiger partial charge is 0.372 e. The number of carbonyl (C=O) groups is 1. The van der Waals surface area contributed by atoms with Crippen molar-refractivity contribution in [3.63, 3.8) is 0 Å². The highest BCUT2D eigenvalue weighted by Gasteiger charge is 2.30. The lowest BCUT2D eigenvalue weighted by molar-refractivity contribution is -0.137. The van der Waals surface area contributed by atoms with E-state index in [0.717, 1.165) is 12.1 Å². The molecule has 144 valence electrons. The largest absolute Gasteiger partial charge is 0.416 e. The molecule has 0 bridgehead atoms. The van der Waals surface area contributed by atoms with Gasteiger partial charge < -0.3 is 9.64 Å². The number of hydrogen-bond acceptors (Lipinski definition) is 2. The van der Waals surface area contributed by atoms with Crippen LogP contribution in [0.5, 0.6) is 0 Å². The van der Waals surface area contributed by atoms with E-state index in [1.807, 2.05) is 0 Å². The number of rotatable bonds is 4. The summed E-state index contributed by atoms with van der Waals surface area (Å²) in [6.07, 6.45) is -3.24. The molecule has 0 aliphatic carbocycles. The number of halogens is 4. The maximum absolute atomic E-state index is 13.3. The minimum atomic E-state index is -4.39. The van der Waals surface area contributed by atoms with Crippen LogP contribution in [-0.4, -0.2) is 30.0 Å². The van der Waals surface area contributed by atoms with E-state index in [-0.39, 0.29) is 24.2 Å². The second-order valence-corrected chi connectivity index (χ2v) is 6.53. The molecule has 2 aromatic carbocycles. The van der Waals surface area contributed by atoms with Gasteiger partial charge >= 0.3 is 6.18 Å². The third-order valence-electron chi connectivity index (χ3n) is 4.48. The monoisotopic (exact) mass is 381 g/mol. The van der Waals surface area contributed by atoms with Crippen LogP contribution in [0.2, 0.25) is 0 Å². The minimum Gasteiger partial charge on any atom is -0.372 e. The normalized spacial score (nSPS) is 17.8. The Hall–Kier alpha value is -2.41. The van der Waals surface area contributed by atoms with E-state index in [1.165, 1.54) is 24.3 Å². The fraction of sp³-hybridized carbons (Fsp3) is 0.350. The zero-order valence-electron chi connectivity index (χ0n) is 14.5. The molecular weight excluding hydrogens is 362 g/mol. The predicted molar refractivity (Wildman–Crippen MR) is 91.6 cm³/mol. The number of piperidine rings is 1. The number of alkyl halides is 3.